The van der Waals surface area contributed by atoms with E-state index in [0.29, 0.717) is 0 Å². The van der Waals surface area contributed by atoms with Crippen molar-refractivity contribution in [3.63, 3.8) is 0 Å². The lowest BCUT2D eigenvalue weighted by Gasteiger charge is -2.32. The highest BCUT2D eigenvalue weighted by Gasteiger charge is 2.51. The Hall–Kier alpha value is -1.13. The molecule has 0 amide bonds. The van der Waals surface area contributed by atoms with Crippen LogP contribution in [0.5, 0.6) is 0 Å². The minimum absolute atomic E-state index is 0.310. The number of aromatic nitrogens is 1. The second-order valence-corrected chi connectivity index (χ2v) is 5.31. The number of nitrogens with zero attached hydrogens (tertiary/aromatic N) is 1. The van der Waals surface area contributed by atoms with Gasteiger partial charge in [-0.1, -0.05) is 6.58 Å². The lowest BCUT2D eigenvalue weighted by molar-refractivity contribution is 0.00578. The molecule has 1 aliphatic rings. The fourth-order valence-corrected chi connectivity index (χ4v) is 1.70. The summed E-state index contributed by atoms with van der Waals surface area (Å²) >= 11 is 0. The Balaban J connectivity index is 2.28. The maximum absolute atomic E-state index is 5.97. The van der Waals surface area contributed by atoms with Gasteiger partial charge in [0.1, 0.15) is 0 Å². The molecule has 1 aromatic rings. The molecule has 0 saturated carbocycles. The topological polar surface area (TPSA) is 31.4 Å². The third kappa shape index (κ3) is 2.15. The molecule has 0 N–H and O–H groups in total. The second kappa shape index (κ2) is 3.96. The summed E-state index contributed by atoms with van der Waals surface area (Å²) in [5, 5.41) is 0. The van der Waals surface area contributed by atoms with E-state index in [1.807, 2.05) is 39.8 Å². The Kier molecular flexibility index (Phi) is 2.88. The Labute approximate surface area is 103 Å². The van der Waals surface area contributed by atoms with Crippen molar-refractivity contribution in [1.82, 2.24) is 4.98 Å². The Morgan fingerprint density at radius 3 is 2.35 bits per heavy atom. The molecule has 17 heavy (non-hydrogen) atoms. The van der Waals surface area contributed by atoms with Gasteiger partial charge in [-0.3, -0.25) is 4.98 Å². The average molecular weight is 231 g/mol. The van der Waals surface area contributed by atoms with Crippen LogP contribution < -0.4 is 5.46 Å². The minimum Gasteiger partial charge on any atom is -0.399 e. The van der Waals surface area contributed by atoms with Gasteiger partial charge in [-0.05, 0) is 51.4 Å². The van der Waals surface area contributed by atoms with Crippen molar-refractivity contribution in [2.75, 3.05) is 0 Å². The molecule has 0 radical (unpaired) electrons. The lowest BCUT2D eigenvalue weighted by Crippen LogP contribution is -2.41. The van der Waals surface area contributed by atoms with E-state index in [9.17, 15) is 0 Å². The quantitative estimate of drug-likeness (QED) is 0.729. The molecule has 0 atom stereocenters. The van der Waals surface area contributed by atoms with Crippen molar-refractivity contribution in [1.29, 1.82) is 0 Å². The third-order valence-corrected chi connectivity index (χ3v) is 3.54. The van der Waals surface area contributed by atoms with Crippen molar-refractivity contribution in [2.45, 2.75) is 38.9 Å². The van der Waals surface area contributed by atoms with Crippen LogP contribution in [0.25, 0.3) is 6.08 Å². The molecule has 0 unspecified atom stereocenters. The summed E-state index contributed by atoms with van der Waals surface area (Å²) in [5.74, 6) is 0. The van der Waals surface area contributed by atoms with Crippen molar-refractivity contribution in [3.8, 4) is 0 Å². The number of hydrogen-bond donors (Lipinski definition) is 0. The van der Waals surface area contributed by atoms with Gasteiger partial charge in [-0.15, -0.1) is 0 Å². The summed E-state index contributed by atoms with van der Waals surface area (Å²) in [7, 11) is -0.332. The molecule has 1 saturated heterocycles. The minimum atomic E-state index is -0.332. The molecule has 0 spiro atoms. The van der Waals surface area contributed by atoms with Crippen LogP contribution in [-0.4, -0.2) is 23.3 Å². The predicted molar refractivity (Wildman–Crippen MR) is 70.0 cm³/mol. The molecule has 0 aliphatic carbocycles. The molecular weight excluding hydrogens is 213 g/mol. The zero-order chi connectivity index (χ0) is 12.7. The molecule has 1 fully saturated rings. The van der Waals surface area contributed by atoms with Crippen LogP contribution in [0.3, 0.4) is 0 Å². The Bertz CT molecular complexity index is 427. The molecule has 1 aliphatic heterocycles. The van der Waals surface area contributed by atoms with Gasteiger partial charge in [0.05, 0.1) is 16.9 Å². The van der Waals surface area contributed by atoms with Crippen molar-refractivity contribution in [2.24, 2.45) is 0 Å². The van der Waals surface area contributed by atoms with Crippen molar-refractivity contribution >= 4 is 18.7 Å². The normalized spacial score (nSPS) is 21.5. The number of pyridine rings is 1. The van der Waals surface area contributed by atoms with Crippen LogP contribution in [0.15, 0.2) is 24.9 Å². The lowest BCUT2D eigenvalue weighted by atomic mass is 9.79. The van der Waals surface area contributed by atoms with Gasteiger partial charge >= 0.3 is 7.12 Å². The van der Waals surface area contributed by atoms with E-state index in [4.69, 9.17) is 9.31 Å². The summed E-state index contributed by atoms with van der Waals surface area (Å²) in [5.41, 5.74) is 1.19. The summed E-state index contributed by atoms with van der Waals surface area (Å²) in [6, 6.07) is 3.85. The highest BCUT2D eigenvalue weighted by Crippen LogP contribution is 2.36. The molecule has 1 aromatic heterocycles. The van der Waals surface area contributed by atoms with E-state index in [2.05, 4.69) is 11.6 Å². The SMILES string of the molecule is C=Cc1cc(B2OC(C)(C)C(C)(C)O2)ccn1. The van der Waals surface area contributed by atoms with Gasteiger partial charge in [0.25, 0.3) is 0 Å². The van der Waals surface area contributed by atoms with Crippen molar-refractivity contribution in [3.05, 3.63) is 30.6 Å². The summed E-state index contributed by atoms with van der Waals surface area (Å²) < 4.78 is 11.9. The van der Waals surface area contributed by atoms with Gasteiger partial charge in [-0.25, -0.2) is 0 Å². The van der Waals surface area contributed by atoms with Gasteiger partial charge in [0.2, 0.25) is 0 Å². The van der Waals surface area contributed by atoms with E-state index in [0.717, 1.165) is 11.2 Å². The van der Waals surface area contributed by atoms with Gasteiger partial charge in [-0.2, -0.15) is 0 Å². The summed E-state index contributed by atoms with van der Waals surface area (Å²) in [6.45, 7) is 11.9. The van der Waals surface area contributed by atoms with Gasteiger partial charge in [0.15, 0.2) is 0 Å². The smallest absolute Gasteiger partial charge is 0.399 e. The number of hydrogen-bond acceptors (Lipinski definition) is 3. The first kappa shape index (κ1) is 12.3. The van der Waals surface area contributed by atoms with Crippen molar-refractivity contribution < 1.29 is 9.31 Å². The first-order valence-electron chi connectivity index (χ1n) is 5.80. The van der Waals surface area contributed by atoms with Crippen LogP contribution >= 0.6 is 0 Å². The summed E-state index contributed by atoms with van der Waals surface area (Å²) in [6.07, 6.45) is 3.46. The zero-order valence-electron chi connectivity index (χ0n) is 10.9. The molecule has 0 aromatic carbocycles. The third-order valence-electron chi connectivity index (χ3n) is 3.54. The van der Waals surface area contributed by atoms with E-state index in [-0.39, 0.29) is 18.3 Å². The fourth-order valence-electron chi connectivity index (χ4n) is 1.70. The predicted octanol–water partition coefficient (Wildman–Crippen LogP) is 2.02. The maximum atomic E-state index is 5.97. The first-order valence-corrected chi connectivity index (χ1v) is 5.80. The highest BCUT2D eigenvalue weighted by atomic mass is 16.7. The summed E-state index contributed by atoms with van der Waals surface area (Å²) in [4.78, 5) is 4.17. The average Bonchev–Trinajstić information content (AvgIpc) is 2.48. The molecular formula is C13H18BNO2. The monoisotopic (exact) mass is 231 g/mol. The van der Waals surface area contributed by atoms with Crippen LogP contribution in [0.4, 0.5) is 0 Å². The van der Waals surface area contributed by atoms with Crippen LogP contribution in [0.1, 0.15) is 33.4 Å². The highest BCUT2D eigenvalue weighted by molar-refractivity contribution is 6.62. The van der Waals surface area contributed by atoms with Crippen LogP contribution in [-0.2, 0) is 9.31 Å². The first-order chi connectivity index (χ1) is 7.86. The largest absolute Gasteiger partial charge is 0.494 e. The standard InChI is InChI=1S/C13H18BNO2/c1-6-11-9-10(7-8-15-11)14-16-12(2,3)13(4,5)17-14/h6-9H,1H2,2-5H3. The fraction of sp³-hybridized carbons (Fsp3) is 0.462. The van der Waals surface area contributed by atoms with Crippen LogP contribution in [0.2, 0.25) is 0 Å². The molecule has 0 bridgehead atoms. The van der Waals surface area contributed by atoms with E-state index < -0.39 is 0 Å². The van der Waals surface area contributed by atoms with E-state index in [1.54, 1.807) is 12.3 Å². The molecule has 3 nitrogen and oxygen atoms in total. The van der Waals surface area contributed by atoms with Gasteiger partial charge < -0.3 is 9.31 Å². The number of rotatable bonds is 2. The van der Waals surface area contributed by atoms with E-state index >= 15 is 0 Å². The van der Waals surface area contributed by atoms with E-state index in [1.165, 1.54) is 0 Å². The van der Waals surface area contributed by atoms with Gasteiger partial charge in [0, 0.05) is 6.20 Å². The van der Waals surface area contributed by atoms with Crippen LogP contribution in [0, 0.1) is 0 Å². The molecule has 2 rings (SSSR count). The maximum Gasteiger partial charge on any atom is 0.494 e. The molecule has 4 heteroatoms. The second-order valence-electron chi connectivity index (χ2n) is 5.31. The molecule has 90 valence electrons. The Morgan fingerprint density at radius 1 is 1.24 bits per heavy atom. The zero-order valence-corrected chi connectivity index (χ0v) is 10.9. The Morgan fingerprint density at radius 2 is 1.82 bits per heavy atom. The molecule has 2 heterocycles.